The number of para-hydroxylation sites is 2. The Bertz CT molecular complexity index is 889. The van der Waals surface area contributed by atoms with E-state index in [4.69, 9.17) is 15.3 Å². The Kier molecular flexibility index (Phi) is 7.05. The molecule has 0 fully saturated rings. The molecule has 2 aromatic rings. The number of carbonyl (C=O) groups is 4. The number of carboxylic acids is 1. The minimum atomic E-state index is -1.41. The first-order valence-corrected chi connectivity index (χ1v) is 9.08. The van der Waals surface area contributed by atoms with Gasteiger partial charge in [-0.25, -0.2) is 4.98 Å². The highest BCUT2D eigenvalue weighted by molar-refractivity contribution is 6.02. The molecule has 1 aromatic carbocycles. The predicted molar refractivity (Wildman–Crippen MR) is 103 cm³/mol. The number of nitrogens with two attached hydrogens (primary N) is 1. The van der Waals surface area contributed by atoms with E-state index >= 15 is 0 Å². The standard InChI is InChI=1S/C19H24N4O6/c1-9(2)15(20)18(28)21-10(3)17(27)22-12(8-14(24)25)16(26)19-23-11-6-4-5-7-13(11)29-19/h4-7,9-10,12,15H,8,20H2,1-3H3,(H,21,28)(H,22,27)(H,24,25)/t10-,12-,15-/m0/s1. The number of aliphatic carboxylic acids is 1. The van der Waals surface area contributed by atoms with Crippen molar-refractivity contribution in [3.8, 4) is 0 Å². The largest absolute Gasteiger partial charge is 0.481 e. The lowest BCUT2D eigenvalue weighted by Crippen LogP contribution is -2.54. The Morgan fingerprint density at radius 2 is 1.76 bits per heavy atom. The highest BCUT2D eigenvalue weighted by Gasteiger charge is 2.31. The molecular weight excluding hydrogens is 380 g/mol. The lowest BCUT2D eigenvalue weighted by Gasteiger charge is -2.21. The van der Waals surface area contributed by atoms with Gasteiger partial charge in [0.2, 0.25) is 17.6 Å². The van der Waals surface area contributed by atoms with Gasteiger partial charge in [-0.3, -0.25) is 19.2 Å². The molecule has 2 amide bonds. The van der Waals surface area contributed by atoms with Gasteiger partial charge in [-0.2, -0.15) is 0 Å². The highest BCUT2D eigenvalue weighted by atomic mass is 16.4. The van der Waals surface area contributed by atoms with Crippen LogP contribution in [0.3, 0.4) is 0 Å². The Morgan fingerprint density at radius 3 is 2.34 bits per heavy atom. The summed E-state index contributed by atoms with van der Waals surface area (Å²) < 4.78 is 5.37. The first-order chi connectivity index (χ1) is 13.6. The molecule has 1 heterocycles. The molecule has 0 aliphatic carbocycles. The van der Waals surface area contributed by atoms with E-state index in [1.807, 2.05) is 0 Å². The molecule has 0 spiro atoms. The number of nitrogens with zero attached hydrogens (tertiary/aromatic N) is 1. The second-order valence-electron chi connectivity index (χ2n) is 7.01. The van der Waals surface area contributed by atoms with E-state index in [-0.39, 0.29) is 11.8 Å². The molecule has 0 unspecified atom stereocenters. The van der Waals surface area contributed by atoms with Crippen LogP contribution in [0.5, 0.6) is 0 Å². The molecule has 3 atom stereocenters. The predicted octanol–water partition coefficient (Wildman–Crippen LogP) is 0.458. The van der Waals surface area contributed by atoms with Crippen molar-refractivity contribution in [1.82, 2.24) is 15.6 Å². The van der Waals surface area contributed by atoms with E-state index in [1.54, 1.807) is 38.1 Å². The van der Waals surface area contributed by atoms with Gasteiger partial charge in [-0.15, -0.1) is 0 Å². The van der Waals surface area contributed by atoms with Crippen molar-refractivity contribution in [2.75, 3.05) is 0 Å². The zero-order valence-corrected chi connectivity index (χ0v) is 16.3. The number of oxazole rings is 1. The molecule has 0 saturated heterocycles. The maximum Gasteiger partial charge on any atom is 0.305 e. The summed E-state index contributed by atoms with van der Waals surface area (Å²) >= 11 is 0. The van der Waals surface area contributed by atoms with Gasteiger partial charge in [0.05, 0.1) is 12.5 Å². The summed E-state index contributed by atoms with van der Waals surface area (Å²) in [5.41, 5.74) is 6.53. The van der Waals surface area contributed by atoms with Crippen molar-refractivity contribution >= 4 is 34.7 Å². The molecule has 2 rings (SSSR count). The summed E-state index contributed by atoms with van der Waals surface area (Å²) in [6.45, 7) is 4.93. The van der Waals surface area contributed by atoms with Crippen LogP contribution >= 0.6 is 0 Å². The third-order valence-corrected chi connectivity index (χ3v) is 4.29. The summed E-state index contributed by atoms with van der Waals surface area (Å²) in [4.78, 5) is 52.3. The molecule has 156 valence electrons. The molecule has 0 aliphatic rings. The first kappa shape index (κ1) is 22.0. The van der Waals surface area contributed by atoms with Crippen LogP contribution in [0.25, 0.3) is 11.1 Å². The number of fused-ring (bicyclic) bond motifs is 1. The number of ketones is 1. The van der Waals surface area contributed by atoms with E-state index in [0.29, 0.717) is 11.1 Å². The van der Waals surface area contributed by atoms with E-state index < -0.39 is 48.1 Å². The Hall–Kier alpha value is -3.27. The zero-order valence-electron chi connectivity index (χ0n) is 16.3. The number of hydrogen-bond donors (Lipinski definition) is 4. The van der Waals surface area contributed by atoms with E-state index in [2.05, 4.69) is 15.6 Å². The molecule has 0 aliphatic heterocycles. The highest BCUT2D eigenvalue weighted by Crippen LogP contribution is 2.16. The summed E-state index contributed by atoms with van der Waals surface area (Å²) in [5, 5.41) is 13.9. The summed E-state index contributed by atoms with van der Waals surface area (Å²) in [6, 6.07) is 3.41. The second-order valence-corrected chi connectivity index (χ2v) is 7.01. The second kappa shape index (κ2) is 9.28. The van der Waals surface area contributed by atoms with Crippen LogP contribution in [0.1, 0.15) is 37.9 Å². The van der Waals surface area contributed by atoms with Crippen LogP contribution in [0, 0.1) is 5.92 Å². The van der Waals surface area contributed by atoms with Crippen molar-refractivity contribution < 1.29 is 28.7 Å². The SMILES string of the molecule is CC(C)[C@H](N)C(=O)N[C@@H](C)C(=O)N[C@@H](CC(=O)O)C(=O)c1nc2ccccc2o1. The number of amides is 2. The quantitative estimate of drug-likeness (QED) is 0.438. The molecule has 5 N–H and O–H groups in total. The maximum atomic E-state index is 12.7. The number of carboxylic acid groups (broad SMARTS) is 1. The molecule has 0 radical (unpaired) electrons. The van der Waals surface area contributed by atoms with Crippen molar-refractivity contribution in [3.63, 3.8) is 0 Å². The number of aromatic nitrogens is 1. The van der Waals surface area contributed by atoms with E-state index in [1.165, 1.54) is 6.92 Å². The van der Waals surface area contributed by atoms with Gasteiger partial charge in [0.15, 0.2) is 5.58 Å². The van der Waals surface area contributed by atoms with Gasteiger partial charge in [0.25, 0.3) is 5.89 Å². The molecule has 0 bridgehead atoms. The molecule has 10 heteroatoms. The molecular formula is C19H24N4O6. The number of Topliss-reactive ketones (excluding diaryl/α,β-unsaturated/α-hetero) is 1. The fourth-order valence-corrected chi connectivity index (χ4v) is 2.49. The zero-order chi connectivity index (χ0) is 21.7. The minimum Gasteiger partial charge on any atom is -0.481 e. The van der Waals surface area contributed by atoms with Crippen molar-refractivity contribution in [3.05, 3.63) is 30.2 Å². The Balaban J connectivity index is 2.13. The van der Waals surface area contributed by atoms with Gasteiger partial charge in [-0.1, -0.05) is 26.0 Å². The van der Waals surface area contributed by atoms with Crippen LogP contribution in [-0.4, -0.2) is 51.8 Å². The third-order valence-electron chi connectivity index (χ3n) is 4.29. The molecule has 10 nitrogen and oxygen atoms in total. The van der Waals surface area contributed by atoms with Crippen molar-refractivity contribution in [2.45, 2.75) is 45.3 Å². The Morgan fingerprint density at radius 1 is 1.10 bits per heavy atom. The van der Waals surface area contributed by atoms with Crippen LogP contribution in [0.15, 0.2) is 28.7 Å². The minimum absolute atomic E-state index is 0.134. The average Bonchev–Trinajstić information content (AvgIpc) is 3.09. The normalized spacial score (nSPS) is 14.2. The van der Waals surface area contributed by atoms with Gasteiger partial charge in [-0.05, 0) is 25.0 Å². The number of benzene rings is 1. The maximum absolute atomic E-state index is 12.7. The molecule has 1 aromatic heterocycles. The average molecular weight is 404 g/mol. The van der Waals surface area contributed by atoms with E-state index in [0.717, 1.165) is 0 Å². The fraction of sp³-hybridized carbons (Fsp3) is 0.421. The third kappa shape index (κ3) is 5.61. The van der Waals surface area contributed by atoms with E-state index in [9.17, 15) is 19.2 Å². The number of nitrogens with one attached hydrogen (secondary N) is 2. The van der Waals surface area contributed by atoms with Crippen LogP contribution in [0.2, 0.25) is 0 Å². The smallest absolute Gasteiger partial charge is 0.305 e. The fourth-order valence-electron chi connectivity index (χ4n) is 2.49. The van der Waals surface area contributed by atoms with Crippen molar-refractivity contribution in [2.24, 2.45) is 11.7 Å². The number of hydrogen-bond acceptors (Lipinski definition) is 7. The molecule has 29 heavy (non-hydrogen) atoms. The summed E-state index contributed by atoms with van der Waals surface area (Å²) in [5.74, 6) is -3.78. The Labute approximate surface area is 166 Å². The van der Waals surface area contributed by atoms with Gasteiger partial charge >= 0.3 is 5.97 Å². The summed E-state index contributed by atoms with van der Waals surface area (Å²) in [6.07, 6.45) is -0.671. The van der Waals surface area contributed by atoms with Crippen LogP contribution in [0.4, 0.5) is 0 Å². The van der Waals surface area contributed by atoms with Gasteiger partial charge in [0.1, 0.15) is 17.6 Å². The number of carbonyl (C=O) groups excluding carboxylic acids is 3. The van der Waals surface area contributed by atoms with Gasteiger partial charge < -0.3 is 25.9 Å². The lowest BCUT2D eigenvalue weighted by molar-refractivity contribution is -0.137. The monoisotopic (exact) mass is 404 g/mol. The topological polar surface area (TPSA) is 165 Å². The first-order valence-electron chi connectivity index (χ1n) is 9.08. The van der Waals surface area contributed by atoms with Gasteiger partial charge in [0, 0.05) is 0 Å². The van der Waals surface area contributed by atoms with Crippen LogP contribution < -0.4 is 16.4 Å². The van der Waals surface area contributed by atoms with Crippen LogP contribution in [-0.2, 0) is 14.4 Å². The lowest BCUT2D eigenvalue weighted by atomic mass is 10.0. The van der Waals surface area contributed by atoms with Crippen molar-refractivity contribution in [1.29, 1.82) is 0 Å². The molecule has 0 saturated carbocycles. The number of rotatable bonds is 9. The summed E-state index contributed by atoms with van der Waals surface area (Å²) in [7, 11) is 0.